The van der Waals surface area contributed by atoms with Gasteiger partial charge in [0, 0.05) is 18.7 Å². The Morgan fingerprint density at radius 3 is 2.67 bits per heavy atom. The van der Waals surface area contributed by atoms with Gasteiger partial charge in [-0.05, 0) is 12.1 Å². The van der Waals surface area contributed by atoms with Crippen molar-refractivity contribution in [3.8, 4) is 5.75 Å². The summed E-state index contributed by atoms with van der Waals surface area (Å²) in [6.07, 6.45) is -2.40. The summed E-state index contributed by atoms with van der Waals surface area (Å²) in [5, 5.41) is 9.16. The fraction of sp³-hybridized carbons (Fsp3) is 0.412. The van der Waals surface area contributed by atoms with E-state index in [4.69, 9.17) is 14.6 Å². The van der Waals surface area contributed by atoms with Crippen molar-refractivity contribution in [1.29, 1.82) is 0 Å². The fourth-order valence-electron chi connectivity index (χ4n) is 2.69. The summed E-state index contributed by atoms with van der Waals surface area (Å²) in [5.74, 6) is -0.501. The summed E-state index contributed by atoms with van der Waals surface area (Å²) >= 11 is 0. The van der Waals surface area contributed by atoms with Crippen LogP contribution in [0.4, 0.5) is 23.5 Å². The molecular formula is C17H17F4N3O3. The quantitative estimate of drug-likeness (QED) is 0.795. The molecule has 1 N–H and O–H groups in total. The van der Waals surface area contributed by atoms with Crippen LogP contribution in [-0.4, -0.2) is 47.5 Å². The molecule has 146 valence electrons. The lowest BCUT2D eigenvalue weighted by Crippen LogP contribution is -2.44. The number of aliphatic hydroxyl groups excluding tert-OH is 1. The van der Waals surface area contributed by atoms with Gasteiger partial charge in [0.25, 0.3) is 0 Å². The lowest BCUT2D eigenvalue weighted by molar-refractivity contribution is -0.138. The van der Waals surface area contributed by atoms with Gasteiger partial charge in [-0.2, -0.15) is 13.2 Å². The number of hydrogen-bond acceptors (Lipinski definition) is 6. The van der Waals surface area contributed by atoms with Crippen molar-refractivity contribution in [3.05, 3.63) is 47.5 Å². The maximum Gasteiger partial charge on any atom is 0.416 e. The molecule has 0 bridgehead atoms. The van der Waals surface area contributed by atoms with Gasteiger partial charge in [-0.15, -0.1) is 0 Å². The zero-order valence-corrected chi connectivity index (χ0v) is 14.1. The van der Waals surface area contributed by atoms with E-state index in [2.05, 4.69) is 9.97 Å². The van der Waals surface area contributed by atoms with Crippen LogP contribution in [0.25, 0.3) is 0 Å². The minimum absolute atomic E-state index is 0.113. The first-order valence-corrected chi connectivity index (χ1v) is 8.15. The van der Waals surface area contributed by atoms with Crippen molar-refractivity contribution in [2.75, 3.05) is 31.2 Å². The molecular weight excluding hydrogens is 370 g/mol. The molecule has 27 heavy (non-hydrogen) atoms. The van der Waals surface area contributed by atoms with E-state index >= 15 is 0 Å². The van der Waals surface area contributed by atoms with Crippen LogP contribution in [0, 0.1) is 5.82 Å². The molecule has 1 fully saturated rings. The Morgan fingerprint density at radius 2 is 2.00 bits per heavy atom. The number of morpholine rings is 1. The van der Waals surface area contributed by atoms with Gasteiger partial charge in [0.15, 0.2) is 5.75 Å². The summed E-state index contributed by atoms with van der Waals surface area (Å²) in [6, 6.07) is 2.75. The van der Waals surface area contributed by atoms with Gasteiger partial charge < -0.3 is 19.5 Å². The van der Waals surface area contributed by atoms with Gasteiger partial charge >= 0.3 is 6.18 Å². The van der Waals surface area contributed by atoms with Crippen LogP contribution in [-0.2, 0) is 17.5 Å². The number of nitrogens with zero attached hydrogens (tertiary/aromatic N) is 3. The smallest absolute Gasteiger partial charge is 0.416 e. The summed E-state index contributed by atoms with van der Waals surface area (Å²) in [4.78, 5) is 10.0. The van der Waals surface area contributed by atoms with Gasteiger partial charge in [0.1, 0.15) is 12.4 Å². The molecule has 0 saturated carbocycles. The van der Waals surface area contributed by atoms with Gasteiger partial charge in [-0.3, -0.25) is 0 Å². The Balaban J connectivity index is 1.68. The van der Waals surface area contributed by atoms with E-state index in [9.17, 15) is 17.6 Å². The van der Waals surface area contributed by atoms with Crippen molar-refractivity contribution in [2.45, 2.75) is 18.9 Å². The molecule has 1 aliphatic rings. The van der Waals surface area contributed by atoms with Crippen LogP contribution >= 0.6 is 0 Å². The first-order valence-electron chi connectivity index (χ1n) is 8.15. The molecule has 2 heterocycles. The van der Waals surface area contributed by atoms with E-state index in [1.807, 2.05) is 4.90 Å². The maximum atomic E-state index is 13.8. The monoisotopic (exact) mass is 387 g/mol. The summed E-state index contributed by atoms with van der Waals surface area (Å²) in [6.45, 7) is 0.651. The van der Waals surface area contributed by atoms with Gasteiger partial charge in [-0.25, -0.2) is 14.4 Å². The molecule has 6 nitrogen and oxygen atoms in total. The van der Waals surface area contributed by atoms with Gasteiger partial charge in [0.2, 0.25) is 5.95 Å². The van der Waals surface area contributed by atoms with E-state index < -0.39 is 29.7 Å². The van der Waals surface area contributed by atoms with E-state index in [-0.39, 0.29) is 18.5 Å². The van der Waals surface area contributed by atoms with Crippen molar-refractivity contribution < 1.29 is 32.1 Å². The third kappa shape index (κ3) is 4.64. The first-order chi connectivity index (χ1) is 12.9. The number of benzene rings is 1. The Labute approximate surface area is 152 Å². The summed E-state index contributed by atoms with van der Waals surface area (Å²) in [5.41, 5.74) is -1.66. The highest BCUT2D eigenvalue weighted by Crippen LogP contribution is 2.33. The lowest BCUT2D eigenvalue weighted by atomic mass is 10.1. The highest BCUT2D eigenvalue weighted by atomic mass is 19.4. The first kappa shape index (κ1) is 19.3. The average molecular weight is 387 g/mol. The molecule has 0 aliphatic carbocycles. The minimum atomic E-state index is -4.68. The molecule has 1 unspecified atom stereocenters. The molecule has 2 aromatic rings. The number of alkyl halides is 3. The number of halogens is 4. The second-order valence-electron chi connectivity index (χ2n) is 5.89. The summed E-state index contributed by atoms with van der Waals surface area (Å²) in [7, 11) is 0. The van der Waals surface area contributed by atoms with Crippen molar-refractivity contribution >= 4 is 5.95 Å². The fourth-order valence-corrected chi connectivity index (χ4v) is 2.69. The van der Waals surface area contributed by atoms with E-state index in [0.717, 1.165) is 18.2 Å². The Bertz CT molecular complexity index is 771. The van der Waals surface area contributed by atoms with Crippen LogP contribution in [0.2, 0.25) is 0 Å². The normalized spacial score (nSPS) is 17.8. The number of rotatable bonds is 5. The number of ether oxygens (including phenoxy) is 2. The van der Waals surface area contributed by atoms with E-state index in [0.29, 0.717) is 25.6 Å². The maximum absolute atomic E-state index is 13.8. The molecule has 0 radical (unpaired) electrons. The average Bonchev–Trinajstić information content (AvgIpc) is 2.66. The molecule has 0 spiro atoms. The number of aromatic nitrogens is 2. The Morgan fingerprint density at radius 1 is 1.26 bits per heavy atom. The predicted octanol–water partition coefficient (Wildman–Crippen LogP) is 2.41. The molecule has 1 aromatic heterocycles. The SMILES string of the molecule is OCC1CN(c2ncc(OCc3c(F)cccc3C(F)(F)F)cn2)CCO1. The molecule has 1 aromatic carbocycles. The van der Waals surface area contributed by atoms with Crippen LogP contribution in [0.15, 0.2) is 30.6 Å². The zero-order valence-electron chi connectivity index (χ0n) is 14.1. The van der Waals surface area contributed by atoms with E-state index in [1.54, 1.807) is 0 Å². The van der Waals surface area contributed by atoms with E-state index in [1.165, 1.54) is 12.4 Å². The second kappa shape index (κ2) is 8.05. The van der Waals surface area contributed by atoms with Crippen molar-refractivity contribution in [3.63, 3.8) is 0 Å². The predicted molar refractivity (Wildman–Crippen MR) is 86.8 cm³/mol. The van der Waals surface area contributed by atoms with Crippen molar-refractivity contribution in [2.24, 2.45) is 0 Å². The van der Waals surface area contributed by atoms with Crippen LogP contribution in [0.5, 0.6) is 5.75 Å². The molecule has 1 aliphatic heterocycles. The van der Waals surface area contributed by atoms with Crippen LogP contribution in [0.1, 0.15) is 11.1 Å². The number of hydrogen-bond donors (Lipinski definition) is 1. The highest BCUT2D eigenvalue weighted by molar-refractivity contribution is 5.33. The summed E-state index contributed by atoms with van der Waals surface area (Å²) < 4.78 is 63.4. The molecule has 0 amide bonds. The third-order valence-corrected chi connectivity index (χ3v) is 4.05. The van der Waals surface area contributed by atoms with Crippen molar-refractivity contribution in [1.82, 2.24) is 9.97 Å². The minimum Gasteiger partial charge on any atom is -0.486 e. The topological polar surface area (TPSA) is 67.7 Å². The zero-order chi connectivity index (χ0) is 19.4. The Hall–Kier alpha value is -2.46. The third-order valence-electron chi connectivity index (χ3n) is 4.05. The lowest BCUT2D eigenvalue weighted by Gasteiger charge is -2.31. The Kier molecular flexibility index (Phi) is 5.76. The standard InChI is InChI=1S/C17H17F4N3O3/c18-15-3-1-2-14(17(19,20)21)13(15)10-27-11-6-22-16(23-7-11)24-4-5-26-12(8-24)9-25/h1-3,6-7,12,25H,4-5,8-10H2. The van der Waals surface area contributed by atoms with Gasteiger partial charge in [0.05, 0.1) is 37.3 Å². The van der Waals surface area contributed by atoms with Gasteiger partial charge in [-0.1, -0.05) is 6.07 Å². The second-order valence-corrected chi connectivity index (χ2v) is 5.89. The molecule has 1 atom stereocenters. The number of aliphatic hydroxyl groups is 1. The molecule has 10 heteroatoms. The molecule has 3 rings (SSSR count). The van der Waals surface area contributed by atoms with Crippen LogP contribution in [0.3, 0.4) is 0 Å². The number of anilines is 1. The largest absolute Gasteiger partial charge is 0.486 e. The highest BCUT2D eigenvalue weighted by Gasteiger charge is 2.34. The molecule has 1 saturated heterocycles. The van der Waals surface area contributed by atoms with Crippen LogP contribution < -0.4 is 9.64 Å².